The fraction of sp³-hybridized carbons (Fsp3) is 0.476. The molecule has 0 amide bonds. The summed E-state index contributed by atoms with van der Waals surface area (Å²) >= 11 is 3.50. The van der Waals surface area contributed by atoms with E-state index in [9.17, 15) is 0 Å². The first-order valence-electron chi connectivity index (χ1n) is 8.27. The number of nitrogens with zero attached hydrogens (tertiary/aromatic N) is 1. The Kier molecular flexibility index (Phi) is 3.57. The minimum Gasteiger partial charge on any atom is -0.255 e. The Hall–Kier alpha value is -1.15. The van der Waals surface area contributed by atoms with Crippen molar-refractivity contribution < 1.29 is 0 Å². The maximum absolute atomic E-state index is 4.65. The van der Waals surface area contributed by atoms with Gasteiger partial charge in [0.15, 0.2) is 0 Å². The van der Waals surface area contributed by atoms with Gasteiger partial charge in [-0.15, -0.1) is 0 Å². The average molecular weight is 372 g/mol. The van der Waals surface area contributed by atoms with Crippen LogP contribution in [0.3, 0.4) is 0 Å². The van der Waals surface area contributed by atoms with Gasteiger partial charge in [0.05, 0.1) is 5.69 Å². The maximum Gasteiger partial charge on any atom is 0.0732 e. The van der Waals surface area contributed by atoms with Crippen LogP contribution in [0.5, 0.6) is 0 Å². The lowest BCUT2D eigenvalue weighted by atomic mass is 9.59. The lowest BCUT2D eigenvalue weighted by Gasteiger charge is -2.44. The van der Waals surface area contributed by atoms with Crippen LogP contribution in [0.15, 0.2) is 34.9 Å². The maximum atomic E-state index is 4.65. The molecule has 2 aromatic rings. The van der Waals surface area contributed by atoms with E-state index in [-0.39, 0.29) is 16.2 Å². The molecule has 1 aromatic carbocycles. The van der Waals surface area contributed by atoms with Crippen LogP contribution in [0.4, 0.5) is 0 Å². The van der Waals surface area contributed by atoms with Gasteiger partial charge >= 0.3 is 0 Å². The normalized spacial score (nSPS) is 20.3. The molecule has 0 saturated heterocycles. The van der Waals surface area contributed by atoms with Crippen molar-refractivity contribution in [2.45, 2.75) is 59.3 Å². The summed E-state index contributed by atoms with van der Waals surface area (Å²) in [6.07, 6.45) is 1.88. The van der Waals surface area contributed by atoms with Crippen LogP contribution in [0.1, 0.15) is 58.2 Å². The number of hydrogen-bond acceptors (Lipinski definition) is 1. The van der Waals surface area contributed by atoms with Gasteiger partial charge in [0.25, 0.3) is 0 Å². The molecule has 1 nitrogen and oxygen atoms in total. The highest BCUT2D eigenvalue weighted by Crippen LogP contribution is 2.61. The van der Waals surface area contributed by atoms with Gasteiger partial charge in [0.1, 0.15) is 0 Å². The summed E-state index contributed by atoms with van der Waals surface area (Å²) in [5.41, 5.74) is 6.93. The molecule has 1 heterocycles. The molecule has 122 valence electrons. The third kappa shape index (κ3) is 2.14. The van der Waals surface area contributed by atoms with Crippen LogP contribution in [0, 0.1) is 12.3 Å². The molecule has 0 aliphatic heterocycles. The fourth-order valence-electron chi connectivity index (χ4n) is 4.05. The highest BCUT2D eigenvalue weighted by Gasteiger charge is 2.56. The Morgan fingerprint density at radius 2 is 1.48 bits per heavy atom. The summed E-state index contributed by atoms with van der Waals surface area (Å²) in [6, 6.07) is 9.06. The van der Waals surface area contributed by atoms with E-state index < -0.39 is 0 Å². The lowest BCUT2D eigenvalue weighted by Crippen LogP contribution is -2.42. The third-order valence-corrected chi connectivity index (χ3v) is 7.24. The van der Waals surface area contributed by atoms with Crippen LogP contribution < -0.4 is 0 Å². The van der Waals surface area contributed by atoms with Gasteiger partial charge < -0.3 is 0 Å². The van der Waals surface area contributed by atoms with E-state index in [1.165, 1.54) is 22.3 Å². The first kappa shape index (κ1) is 16.7. The zero-order chi connectivity index (χ0) is 17.2. The van der Waals surface area contributed by atoms with Gasteiger partial charge in [-0.2, -0.15) is 0 Å². The summed E-state index contributed by atoms with van der Waals surface area (Å²) in [7, 11) is 0. The molecule has 3 rings (SSSR count). The molecule has 2 heteroatoms. The van der Waals surface area contributed by atoms with Gasteiger partial charge in [-0.1, -0.05) is 53.7 Å². The van der Waals surface area contributed by atoms with E-state index in [4.69, 9.17) is 0 Å². The zero-order valence-electron chi connectivity index (χ0n) is 15.2. The number of hydrogen-bond donors (Lipinski definition) is 0. The molecule has 1 aliphatic rings. The van der Waals surface area contributed by atoms with Crippen LogP contribution in [0.2, 0.25) is 0 Å². The number of halogens is 1. The summed E-state index contributed by atoms with van der Waals surface area (Å²) < 4.78 is 1.03. The van der Waals surface area contributed by atoms with Crippen molar-refractivity contribution >= 4 is 15.9 Å². The monoisotopic (exact) mass is 371 g/mol. The molecular weight excluding hydrogens is 346 g/mol. The van der Waals surface area contributed by atoms with Crippen molar-refractivity contribution in [2.24, 2.45) is 5.41 Å². The van der Waals surface area contributed by atoms with Crippen molar-refractivity contribution in [1.82, 2.24) is 4.98 Å². The van der Waals surface area contributed by atoms with Crippen molar-refractivity contribution in [3.63, 3.8) is 0 Å². The van der Waals surface area contributed by atoms with Crippen LogP contribution in [-0.2, 0) is 10.8 Å². The largest absolute Gasteiger partial charge is 0.255 e. The van der Waals surface area contributed by atoms with Gasteiger partial charge in [0.2, 0.25) is 0 Å². The zero-order valence-corrected chi connectivity index (χ0v) is 16.8. The SMILES string of the molecule is Cc1cc(Br)cnc1-c1ccc2c(c1)C(C)(C)C(C)(C)C2(C)C. The number of aryl methyl sites for hydroxylation is 1. The van der Waals surface area contributed by atoms with E-state index >= 15 is 0 Å². The molecule has 1 aromatic heterocycles. The summed E-state index contributed by atoms with van der Waals surface area (Å²) in [4.78, 5) is 4.65. The smallest absolute Gasteiger partial charge is 0.0732 e. The molecule has 0 N–H and O–H groups in total. The summed E-state index contributed by atoms with van der Waals surface area (Å²) in [5.74, 6) is 0. The highest BCUT2D eigenvalue weighted by atomic mass is 79.9. The molecule has 0 unspecified atom stereocenters. The molecular formula is C21H26BrN. The third-order valence-electron chi connectivity index (χ3n) is 6.81. The fourth-order valence-corrected chi connectivity index (χ4v) is 4.50. The molecule has 1 aliphatic carbocycles. The van der Waals surface area contributed by atoms with Crippen molar-refractivity contribution in [1.29, 1.82) is 0 Å². The second kappa shape index (κ2) is 4.92. The first-order chi connectivity index (χ1) is 10.5. The van der Waals surface area contributed by atoms with Crippen LogP contribution >= 0.6 is 15.9 Å². The Morgan fingerprint density at radius 3 is 2.09 bits per heavy atom. The van der Waals surface area contributed by atoms with Crippen molar-refractivity contribution in [3.05, 3.63) is 51.6 Å². The van der Waals surface area contributed by atoms with E-state index in [0.717, 1.165) is 10.2 Å². The molecule has 0 radical (unpaired) electrons. The van der Waals surface area contributed by atoms with Crippen molar-refractivity contribution in [2.75, 3.05) is 0 Å². The average Bonchev–Trinajstić information content (AvgIpc) is 2.55. The van der Waals surface area contributed by atoms with E-state index in [2.05, 4.69) is 93.6 Å². The minimum atomic E-state index is 0.130. The Bertz CT molecular complexity index is 784. The standard InChI is InChI=1S/C21H26BrN/c1-13-10-15(22)12-23-18(13)14-8-9-16-17(11-14)20(4,5)21(6,7)19(16,2)3/h8-12H,1-7H3. The summed E-state index contributed by atoms with van der Waals surface area (Å²) in [6.45, 7) is 16.4. The molecule has 0 spiro atoms. The van der Waals surface area contributed by atoms with Crippen LogP contribution in [-0.4, -0.2) is 4.98 Å². The van der Waals surface area contributed by atoms with Gasteiger partial charge in [-0.3, -0.25) is 4.98 Å². The predicted octanol–water partition coefficient (Wildman–Crippen LogP) is 6.41. The van der Waals surface area contributed by atoms with E-state index in [1.807, 2.05) is 6.20 Å². The molecule has 0 fully saturated rings. The number of fused-ring (bicyclic) bond motifs is 1. The predicted molar refractivity (Wildman–Crippen MR) is 102 cm³/mol. The first-order valence-corrected chi connectivity index (χ1v) is 9.07. The van der Waals surface area contributed by atoms with Crippen molar-refractivity contribution in [3.8, 4) is 11.3 Å². The quantitative estimate of drug-likeness (QED) is 0.563. The second-order valence-corrected chi connectivity index (χ2v) is 9.37. The topological polar surface area (TPSA) is 12.9 Å². The lowest BCUT2D eigenvalue weighted by molar-refractivity contribution is 0.125. The number of aromatic nitrogens is 1. The Morgan fingerprint density at radius 1 is 0.870 bits per heavy atom. The Balaban J connectivity index is 2.22. The van der Waals surface area contributed by atoms with E-state index in [1.54, 1.807) is 0 Å². The van der Waals surface area contributed by atoms with E-state index in [0.29, 0.717) is 0 Å². The number of benzene rings is 1. The summed E-state index contributed by atoms with van der Waals surface area (Å²) in [5, 5.41) is 0. The highest BCUT2D eigenvalue weighted by molar-refractivity contribution is 9.10. The van der Waals surface area contributed by atoms with Gasteiger partial charge in [0, 0.05) is 16.2 Å². The molecule has 0 bridgehead atoms. The second-order valence-electron chi connectivity index (χ2n) is 8.45. The minimum absolute atomic E-state index is 0.130. The van der Waals surface area contributed by atoms with Gasteiger partial charge in [-0.25, -0.2) is 0 Å². The number of rotatable bonds is 1. The van der Waals surface area contributed by atoms with Crippen LogP contribution in [0.25, 0.3) is 11.3 Å². The molecule has 0 atom stereocenters. The molecule has 23 heavy (non-hydrogen) atoms. The Labute approximate surface area is 148 Å². The van der Waals surface area contributed by atoms with Gasteiger partial charge in [-0.05, 0) is 67.9 Å². The molecule has 0 saturated carbocycles. The number of pyridine rings is 1.